The van der Waals surface area contributed by atoms with Gasteiger partial charge in [-0.05, 0) is 18.6 Å². The van der Waals surface area contributed by atoms with Crippen LogP contribution < -0.4 is 0 Å². The van der Waals surface area contributed by atoms with Crippen LogP contribution in [0, 0.1) is 0 Å². The maximum Gasteiger partial charge on any atom is 0.253 e. The molecule has 0 aromatic carbocycles. The zero-order valence-corrected chi connectivity index (χ0v) is 16.8. The fraction of sp³-hybridized carbons (Fsp3) is 0.810. The molecule has 0 radical (unpaired) electrons. The van der Waals surface area contributed by atoms with Crippen LogP contribution in [0.3, 0.4) is 0 Å². The average Bonchev–Trinajstić information content (AvgIpc) is 2.93. The molecule has 0 saturated carbocycles. The molecule has 0 atom stereocenters. The van der Waals surface area contributed by atoms with Gasteiger partial charge in [0.2, 0.25) is 0 Å². The maximum absolute atomic E-state index is 11.4. The third-order valence-electron chi connectivity index (χ3n) is 4.94. The summed E-state index contributed by atoms with van der Waals surface area (Å²) in [7, 11) is 0. The van der Waals surface area contributed by atoms with E-state index in [2.05, 4.69) is 12.6 Å². The summed E-state index contributed by atoms with van der Waals surface area (Å²) in [6.45, 7) is 0.583. The molecule has 25 heavy (non-hydrogen) atoms. The van der Waals surface area contributed by atoms with Crippen LogP contribution in [0.5, 0.6) is 0 Å². The Morgan fingerprint density at radius 1 is 0.560 bits per heavy atom. The lowest BCUT2D eigenvalue weighted by Crippen LogP contribution is -2.30. The van der Waals surface area contributed by atoms with Gasteiger partial charge in [-0.3, -0.25) is 14.5 Å². The fourth-order valence-corrected chi connectivity index (χ4v) is 3.55. The Morgan fingerprint density at radius 2 is 0.880 bits per heavy atom. The Morgan fingerprint density at radius 3 is 1.24 bits per heavy atom. The molecule has 0 aliphatic carbocycles. The zero-order valence-electron chi connectivity index (χ0n) is 15.9. The SMILES string of the molecule is O=C1C=CC(=O)N1CCCCCCCCCCCCCCCCCS. The van der Waals surface area contributed by atoms with E-state index in [0.29, 0.717) is 6.54 Å². The Kier molecular flexibility index (Phi) is 13.8. The van der Waals surface area contributed by atoms with Crippen molar-refractivity contribution < 1.29 is 9.59 Å². The van der Waals surface area contributed by atoms with E-state index < -0.39 is 0 Å². The van der Waals surface area contributed by atoms with E-state index in [4.69, 9.17) is 0 Å². The van der Waals surface area contributed by atoms with E-state index in [-0.39, 0.29) is 11.8 Å². The summed E-state index contributed by atoms with van der Waals surface area (Å²) in [5.74, 6) is 0.736. The largest absolute Gasteiger partial charge is 0.275 e. The molecule has 0 aromatic rings. The summed E-state index contributed by atoms with van der Waals surface area (Å²) >= 11 is 4.24. The number of carbonyl (C=O) groups excluding carboxylic acids is 2. The van der Waals surface area contributed by atoms with Gasteiger partial charge in [0.05, 0.1) is 0 Å². The predicted octanol–water partition coefficient (Wildman–Crippen LogP) is 5.69. The third kappa shape index (κ3) is 11.5. The van der Waals surface area contributed by atoms with Gasteiger partial charge in [0, 0.05) is 18.7 Å². The Balaban J connectivity index is 1.73. The van der Waals surface area contributed by atoms with Crippen LogP contribution in [0.25, 0.3) is 0 Å². The van der Waals surface area contributed by atoms with Crippen molar-refractivity contribution in [2.45, 2.75) is 96.3 Å². The molecule has 0 saturated heterocycles. The summed E-state index contributed by atoms with van der Waals surface area (Å²) in [5.41, 5.74) is 0. The Labute approximate surface area is 160 Å². The van der Waals surface area contributed by atoms with Crippen molar-refractivity contribution in [2.75, 3.05) is 12.3 Å². The lowest BCUT2D eigenvalue weighted by molar-refractivity contribution is -0.136. The second-order valence-corrected chi connectivity index (χ2v) is 7.64. The number of imide groups is 1. The van der Waals surface area contributed by atoms with Crippen molar-refractivity contribution in [3.8, 4) is 0 Å². The van der Waals surface area contributed by atoms with Gasteiger partial charge in [0.1, 0.15) is 0 Å². The van der Waals surface area contributed by atoms with E-state index in [1.165, 1.54) is 101 Å². The first-order valence-electron chi connectivity index (χ1n) is 10.4. The van der Waals surface area contributed by atoms with Crippen molar-refractivity contribution in [3.05, 3.63) is 12.2 Å². The van der Waals surface area contributed by atoms with Crippen LogP contribution in [0.15, 0.2) is 12.2 Å². The van der Waals surface area contributed by atoms with Crippen molar-refractivity contribution in [1.82, 2.24) is 4.90 Å². The minimum Gasteiger partial charge on any atom is -0.275 e. The number of hydrogen-bond acceptors (Lipinski definition) is 3. The van der Waals surface area contributed by atoms with Crippen LogP contribution in [-0.4, -0.2) is 29.0 Å². The monoisotopic (exact) mass is 367 g/mol. The predicted molar refractivity (Wildman–Crippen MR) is 109 cm³/mol. The van der Waals surface area contributed by atoms with Gasteiger partial charge in [-0.25, -0.2) is 0 Å². The smallest absolute Gasteiger partial charge is 0.253 e. The number of rotatable bonds is 17. The number of nitrogens with zero attached hydrogens (tertiary/aromatic N) is 1. The van der Waals surface area contributed by atoms with Crippen molar-refractivity contribution in [2.24, 2.45) is 0 Å². The molecule has 0 fully saturated rings. The highest BCUT2D eigenvalue weighted by Crippen LogP contribution is 2.14. The standard InChI is InChI=1S/C21H37NO2S/c23-20-16-17-21(24)22(20)18-14-12-10-8-6-4-2-1-3-5-7-9-11-13-15-19-25/h16-17,25H,1-15,18-19H2. The van der Waals surface area contributed by atoms with E-state index in [9.17, 15) is 9.59 Å². The minimum atomic E-state index is -0.150. The third-order valence-corrected chi connectivity index (χ3v) is 5.26. The topological polar surface area (TPSA) is 37.4 Å². The Bertz CT molecular complexity index is 377. The summed E-state index contributed by atoms with van der Waals surface area (Å²) < 4.78 is 0. The highest BCUT2D eigenvalue weighted by Gasteiger charge is 2.21. The second-order valence-electron chi connectivity index (χ2n) is 7.19. The minimum absolute atomic E-state index is 0.150. The van der Waals surface area contributed by atoms with Crippen molar-refractivity contribution in [3.63, 3.8) is 0 Å². The molecule has 0 spiro atoms. The summed E-state index contributed by atoms with van der Waals surface area (Å²) in [6.07, 6.45) is 22.4. The average molecular weight is 368 g/mol. The molecule has 4 heteroatoms. The van der Waals surface area contributed by atoms with Gasteiger partial charge in [-0.1, -0.05) is 83.5 Å². The number of carbonyl (C=O) groups is 2. The van der Waals surface area contributed by atoms with Gasteiger partial charge in [0.15, 0.2) is 0 Å². The molecule has 0 aromatic heterocycles. The van der Waals surface area contributed by atoms with Crippen molar-refractivity contribution >= 4 is 24.4 Å². The molecular formula is C21H37NO2S. The van der Waals surface area contributed by atoms with E-state index in [1.807, 2.05) is 0 Å². The molecule has 1 aliphatic rings. The van der Waals surface area contributed by atoms with Gasteiger partial charge >= 0.3 is 0 Å². The van der Waals surface area contributed by atoms with E-state index in [1.54, 1.807) is 0 Å². The van der Waals surface area contributed by atoms with Gasteiger partial charge in [-0.15, -0.1) is 0 Å². The highest BCUT2D eigenvalue weighted by molar-refractivity contribution is 7.80. The molecule has 3 nitrogen and oxygen atoms in total. The molecule has 0 unspecified atom stereocenters. The number of hydrogen-bond donors (Lipinski definition) is 1. The first-order valence-corrected chi connectivity index (χ1v) is 11.0. The molecule has 1 rings (SSSR count). The number of unbranched alkanes of at least 4 members (excludes halogenated alkanes) is 14. The normalized spacial score (nSPS) is 14.0. The number of thiol groups is 1. The van der Waals surface area contributed by atoms with Crippen LogP contribution in [0.2, 0.25) is 0 Å². The first kappa shape index (κ1) is 22.3. The molecule has 1 heterocycles. The lowest BCUT2D eigenvalue weighted by atomic mass is 10.0. The van der Waals surface area contributed by atoms with Crippen LogP contribution in [-0.2, 0) is 9.59 Å². The molecular weight excluding hydrogens is 330 g/mol. The van der Waals surface area contributed by atoms with Gasteiger partial charge in [0.25, 0.3) is 11.8 Å². The summed E-state index contributed by atoms with van der Waals surface area (Å²) in [5, 5.41) is 0. The van der Waals surface area contributed by atoms with E-state index >= 15 is 0 Å². The van der Waals surface area contributed by atoms with Crippen LogP contribution in [0.1, 0.15) is 96.3 Å². The maximum atomic E-state index is 11.4. The van der Waals surface area contributed by atoms with Gasteiger partial charge < -0.3 is 0 Å². The first-order chi connectivity index (χ1) is 12.3. The van der Waals surface area contributed by atoms with E-state index in [0.717, 1.165) is 18.6 Å². The zero-order chi connectivity index (χ0) is 18.2. The quantitative estimate of drug-likeness (QED) is 0.204. The summed E-state index contributed by atoms with van der Waals surface area (Å²) in [6, 6.07) is 0. The van der Waals surface area contributed by atoms with Gasteiger partial charge in [-0.2, -0.15) is 12.6 Å². The second kappa shape index (κ2) is 15.5. The molecule has 144 valence electrons. The molecule has 0 N–H and O–H groups in total. The molecule has 1 aliphatic heterocycles. The van der Waals surface area contributed by atoms with Crippen LogP contribution in [0.4, 0.5) is 0 Å². The van der Waals surface area contributed by atoms with Crippen LogP contribution >= 0.6 is 12.6 Å². The molecule has 0 bridgehead atoms. The molecule has 2 amide bonds. The number of amides is 2. The fourth-order valence-electron chi connectivity index (χ4n) is 3.33. The van der Waals surface area contributed by atoms with Crippen molar-refractivity contribution in [1.29, 1.82) is 0 Å². The highest BCUT2D eigenvalue weighted by atomic mass is 32.1. The lowest BCUT2D eigenvalue weighted by Gasteiger charge is -2.12. The Hall–Kier alpha value is -0.770. The summed E-state index contributed by atoms with van der Waals surface area (Å²) in [4.78, 5) is 24.1.